The molecule has 0 aromatic heterocycles. The summed E-state index contributed by atoms with van der Waals surface area (Å²) in [6.45, 7) is 6.88. The molecule has 1 atom stereocenters. The van der Waals surface area contributed by atoms with Crippen LogP contribution >= 0.6 is 0 Å². The third kappa shape index (κ3) is 2.81. The predicted octanol–water partition coefficient (Wildman–Crippen LogP) is 2.61. The molecule has 0 bridgehead atoms. The number of anilines is 1. The molecule has 1 unspecified atom stereocenters. The van der Waals surface area contributed by atoms with Gasteiger partial charge in [-0.1, -0.05) is 19.1 Å². The van der Waals surface area contributed by atoms with Gasteiger partial charge >= 0.3 is 0 Å². The summed E-state index contributed by atoms with van der Waals surface area (Å²) in [7, 11) is 2.03. The normalized spacial score (nSPS) is 16.1. The van der Waals surface area contributed by atoms with Crippen LogP contribution in [-0.4, -0.2) is 26.2 Å². The second kappa shape index (κ2) is 5.54. The average Bonchev–Trinajstić information content (AvgIpc) is 2.72. The van der Waals surface area contributed by atoms with Crippen molar-refractivity contribution in [3.8, 4) is 0 Å². The number of rotatable bonds is 5. The number of nitrogens with zero attached hydrogens (tertiary/aromatic N) is 1. The van der Waals surface area contributed by atoms with Crippen LogP contribution in [0.2, 0.25) is 0 Å². The lowest BCUT2D eigenvalue weighted by molar-refractivity contribution is 0.608. The van der Waals surface area contributed by atoms with Crippen molar-refractivity contribution in [2.75, 3.05) is 25.0 Å². The first-order valence-corrected chi connectivity index (χ1v) is 6.78. The van der Waals surface area contributed by atoms with E-state index in [0.29, 0.717) is 6.04 Å². The summed E-state index contributed by atoms with van der Waals surface area (Å²) in [5.74, 6) is 0. The van der Waals surface area contributed by atoms with Gasteiger partial charge in [0.1, 0.15) is 0 Å². The van der Waals surface area contributed by atoms with Crippen LogP contribution in [0.4, 0.5) is 5.69 Å². The largest absolute Gasteiger partial charge is 0.371 e. The Bertz CT molecular complexity index is 373. The summed E-state index contributed by atoms with van der Waals surface area (Å²) in [5.41, 5.74) is 4.47. The van der Waals surface area contributed by atoms with Crippen LogP contribution in [0.1, 0.15) is 31.4 Å². The van der Waals surface area contributed by atoms with Gasteiger partial charge in [-0.05, 0) is 50.4 Å². The van der Waals surface area contributed by atoms with Gasteiger partial charge in [-0.2, -0.15) is 0 Å². The lowest BCUT2D eigenvalue weighted by Crippen LogP contribution is -2.23. The highest BCUT2D eigenvalue weighted by molar-refractivity contribution is 5.59. The first-order chi connectivity index (χ1) is 8.24. The molecular weight excluding hydrogens is 208 g/mol. The van der Waals surface area contributed by atoms with Crippen LogP contribution in [0.15, 0.2) is 18.2 Å². The summed E-state index contributed by atoms with van der Waals surface area (Å²) in [6, 6.07) is 7.57. The van der Waals surface area contributed by atoms with E-state index in [2.05, 4.69) is 42.3 Å². The van der Waals surface area contributed by atoms with Gasteiger partial charge in [-0.15, -0.1) is 0 Å². The smallest absolute Gasteiger partial charge is 0.0399 e. The van der Waals surface area contributed by atoms with E-state index in [0.717, 1.165) is 6.42 Å². The Balaban J connectivity index is 2.11. The highest BCUT2D eigenvalue weighted by atomic mass is 15.1. The number of hydrogen-bond donors (Lipinski definition) is 1. The Morgan fingerprint density at radius 2 is 2.24 bits per heavy atom. The first-order valence-electron chi connectivity index (χ1n) is 6.78. The van der Waals surface area contributed by atoms with Crippen molar-refractivity contribution in [1.29, 1.82) is 0 Å². The Morgan fingerprint density at radius 3 is 2.94 bits per heavy atom. The van der Waals surface area contributed by atoms with Gasteiger partial charge in [0.2, 0.25) is 0 Å². The molecule has 1 aromatic rings. The van der Waals surface area contributed by atoms with E-state index < -0.39 is 0 Å². The molecular formula is C15H24N2. The first kappa shape index (κ1) is 12.4. The van der Waals surface area contributed by atoms with Gasteiger partial charge in [0, 0.05) is 24.8 Å². The zero-order valence-electron chi connectivity index (χ0n) is 11.3. The Morgan fingerprint density at radius 1 is 1.41 bits per heavy atom. The molecule has 0 aliphatic carbocycles. The monoisotopic (exact) mass is 232 g/mol. The molecule has 1 N–H and O–H groups in total. The molecule has 1 aromatic carbocycles. The van der Waals surface area contributed by atoms with Crippen molar-refractivity contribution in [2.45, 2.75) is 39.2 Å². The van der Waals surface area contributed by atoms with Crippen molar-refractivity contribution in [3.05, 3.63) is 29.3 Å². The van der Waals surface area contributed by atoms with Gasteiger partial charge in [-0.3, -0.25) is 0 Å². The van der Waals surface area contributed by atoms with E-state index in [1.165, 1.54) is 37.2 Å². The molecule has 0 spiro atoms. The van der Waals surface area contributed by atoms with Crippen molar-refractivity contribution >= 4 is 5.69 Å². The maximum absolute atomic E-state index is 3.30. The maximum Gasteiger partial charge on any atom is 0.0399 e. The molecule has 1 aliphatic rings. The minimum absolute atomic E-state index is 0.557. The van der Waals surface area contributed by atoms with Gasteiger partial charge < -0.3 is 10.2 Å². The molecule has 1 heterocycles. The lowest BCUT2D eigenvalue weighted by atomic mass is 10.0. The van der Waals surface area contributed by atoms with Gasteiger partial charge in [0.15, 0.2) is 0 Å². The van der Waals surface area contributed by atoms with Crippen LogP contribution in [0.5, 0.6) is 0 Å². The highest BCUT2D eigenvalue weighted by Crippen LogP contribution is 2.29. The van der Waals surface area contributed by atoms with E-state index in [1.807, 2.05) is 7.05 Å². The predicted molar refractivity (Wildman–Crippen MR) is 74.9 cm³/mol. The fourth-order valence-corrected chi connectivity index (χ4v) is 2.61. The fourth-order valence-electron chi connectivity index (χ4n) is 2.61. The second-order valence-electron chi connectivity index (χ2n) is 5.09. The van der Waals surface area contributed by atoms with Crippen LogP contribution in [0.3, 0.4) is 0 Å². The summed E-state index contributed by atoms with van der Waals surface area (Å²) in [4.78, 5) is 2.51. The quantitative estimate of drug-likeness (QED) is 0.839. The van der Waals surface area contributed by atoms with E-state index >= 15 is 0 Å². The summed E-state index contributed by atoms with van der Waals surface area (Å²) >= 11 is 0. The molecule has 0 fully saturated rings. The van der Waals surface area contributed by atoms with Crippen LogP contribution in [-0.2, 0) is 12.8 Å². The summed E-state index contributed by atoms with van der Waals surface area (Å²) < 4.78 is 0. The number of likely N-dealkylation sites (N-methyl/N-ethyl adjacent to an activating group) is 1. The van der Waals surface area contributed by atoms with E-state index in [4.69, 9.17) is 0 Å². The fraction of sp³-hybridized carbons (Fsp3) is 0.600. The molecule has 94 valence electrons. The number of hydrogen-bond acceptors (Lipinski definition) is 2. The molecule has 2 nitrogen and oxygen atoms in total. The standard InChI is InChI=1S/C15H24N2/c1-4-8-17-9-7-14-11-13(5-6-15(14)17)10-12(2)16-3/h5-6,11-12,16H,4,7-10H2,1-3H3. The van der Waals surface area contributed by atoms with Gasteiger partial charge in [-0.25, -0.2) is 0 Å². The minimum Gasteiger partial charge on any atom is -0.371 e. The third-order valence-electron chi connectivity index (χ3n) is 3.66. The topological polar surface area (TPSA) is 15.3 Å². The van der Waals surface area contributed by atoms with Crippen molar-refractivity contribution < 1.29 is 0 Å². The molecule has 2 heteroatoms. The molecule has 0 radical (unpaired) electrons. The molecule has 17 heavy (non-hydrogen) atoms. The summed E-state index contributed by atoms with van der Waals surface area (Å²) in [5, 5.41) is 3.30. The van der Waals surface area contributed by atoms with E-state index in [1.54, 1.807) is 5.56 Å². The maximum atomic E-state index is 3.30. The summed E-state index contributed by atoms with van der Waals surface area (Å²) in [6.07, 6.45) is 3.58. The van der Waals surface area contributed by atoms with Crippen molar-refractivity contribution in [1.82, 2.24) is 5.32 Å². The van der Waals surface area contributed by atoms with Crippen molar-refractivity contribution in [3.63, 3.8) is 0 Å². The zero-order chi connectivity index (χ0) is 12.3. The molecule has 2 rings (SSSR count). The third-order valence-corrected chi connectivity index (χ3v) is 3.66. The zero-order valence-corrected chi connectivity index (χ0v) is 11.3. The number of fused-ring (bicyclic) bond motifs is 1. The SMILES string of the molecule is CCCN1CCc2cc(CC(C)NC)ccc21. The van der Waals surface area contributed by atoms with Gasteiger partial charge in [0.05, 0.1) is 0 Å². The van der Waals surface area contributed by atoms with E-state index in [-0.39, 0.29) is 0 Å². The number of nitrogens with one attached hydrogen (secondary N) is 1. The van der Waals surface area contributed by atoms with Crippen LogP contribution in [0.25, 0.3) is 0 Å². The lowest BCUT2D eigenvalue weighted by Gasteiger charge is -2.18. The molecule has 0 amide bonds. The minimum atomic E-state index is 0.557. The number of benzene rings is 1. The molecule has 0 saturated carbocycles. The average molecular weight is 232 g/mol. The van der Waals surface area contributed by atoms with Gasteiger partial charge in [0.25, 0.3) is 0 Å². The Labute approximate surface area is 105 Å². The molecule has 1 aliphatic heterocycles. The Hall–Kier alpha value is -1.02. The highest BCUT2D eigenvalue weighted by Gasteiger charge is 2.18. The Kier molecular flexibility index (Phi) is 4.06. The molecule has 0 saturated heterocycles. The van der Waals surface area contributed by atoms with Crippen LogP contribution < -0.4 is 10.2 Å². The van der Waals surface area contributed by atoms with Crippen LogP contribution in [0, 0.1) is 0 Å². The van der Waals surface area contributed by atoms with E-state index in [9.17, 15) is 0 Å². The second-order valence-corrected chi connectivity index (χ2v) is 5.09. The van der Waals surface area contributed by atoms with Crippen molar-refractivity contribution in [2.24, 2.45) is 0 Å².